The number of hydrogen-bond donors (Lipinski definition) is 1. The Kier molecular flexibility index (Phi) is 20.9. The smallest absolute Gasteiger partial charge is 0.550 e. The zero-order valence-corrected chi connectivity index (χ0v) is 14.8. The number of carboxylic acids is 3. The van der Waals surface area contributed by atoms with E-state index >= 15 is 0 Å². The van der Waals surface area contributed by atoms with Gasteiger partial charge in [0.05, 0.1) is 21.1 Å². The zero-order valence-electron chi connectivity index (χ0n) is 12.5. The van der Waals surface area contributed by atoms with Gasteiger partial charge in [-0.05, 0) is 13.8 Å². The molecule has 0 spiro atoms. The van der Waals surface area contributed by atoms with Crippen LogP contribution in [0.3, 0.4) is 0 Å². The number of nitrogens with zero attached hydrogens (tertiary/aromatic N) is 1. The van der Waals surface area contributed by atoms with Crippen LogP contribution in [0.15, 0.2) is 0 Å². The van der Waals surface area contributed by atoms with E-state index < -0.39 is 24.0 Å². The van der Waals surface area contributed by atoms with E-state index in [2.05, 4.69) is 0 Å². The van der Waals surface area contributed by atoms with Gasteiger partial charge in [-0.3, -0.25) is 0 Å². The summed E-state index contributed by atoms with van der Waals surface area (Å²) in [6.07, 6.45) is -1.09. The van der Waals surface area contributed by atoms with E-state index in [-0.39, 0.29) is 44.2 Å². The van der Waals surface area contributed by atoms with Gasteiger partial charge >= 0.3 is 37.7 Å². The van der Waals surface area contributed by atoms with Crippen molar-refractivity contribution in [2.75, 3.05) is 27.7 Å². The standard InChI is InChI=1S/C7H15NO3.2C2H4O2.Ca/c1-8(2,3)5-6(9)4-7(10)11;2*1-2(3)4;/h6,9H,4-5H2,1-3H3;2*1H3,(H,3,4);/q;;;+2/p-2. The Morgan fingerprint density at radius 3 is 1.40 bits per heavy atom. The fraction of sp³-hybridized carbons (Fsp3) is 0.727. The molecule has 114 valence electrons. The monoisotopic (exact) mass is 319 g/mol. The quantitative estimate of drug-likeness (QED) is 0.405. The van der Waals surface area contributed by atoms with Crippen LogP contribution in [-0.2, 0) is 14.4 Å². The number of carboxylic acid groups (broad SMARTS) is 3. The molecule has 1 unspecified atom stereocenters. The summed E-state index contributed by atoms with van der Waals surface area (Å²) in [7, 11) is 5.66. The topological polar surface area (TPSA) is 141 Å². The van der Waals surface area contributed by atoms with Gasteiger partial charge in [0, 0.05) is 24.3 Å². The summed E-state index contributed by atoms with van der Waals surface area (Å²) in [5, 5.41) is 36.9. The molecule has 20 heavy (non-hydrogen) atoms. The SMILES string of the molecule is CC(=O)[O-].CC(=O)[O-].C[N+](C)(C)CC(O)CC(=O)[O-].[Ca+2]. The first kappa shape index (κ1) is 27.9. The second-order valence-corrected chi connectivity index (χ2v) is 4.69. The minimum Gasteiger partial charge on any atom is -0.550 e. The Labute approximate surface area is 148 Å². The summed E-state index contributed by atoms with van der Waals surface area (Å²) in [5.41, 5.74) is 0. The van der Waals surface area contributed by atoms with Crippen molar-refractivity contribution in [2.45, 2.75) is 26.4 Å². The van der Waals surface area contributed by atoms with E-state index in [1.54, 1.807) is 0 Å². The molecular weight excluding hydrogens is 298 g/mol. The van der Waals surface area contributed by atoms with Gasteiger partial charge in [-0.15, -0.1) is 0 Å². The Morgan fingerprint density at radius 1 is 1.00 bits per heavy atom. The van der Waals surface area contributed by atoms with Crippen LogP contribution in [0, 0.1) is 0 Å². The van der Waals surface area contributed by atoms with Crippen molar-refractivity contribution in [1.29, 1.82) is 0 Å². The molecule has 0 saturated carbocycles. The third-order valence-electron chi connectivity index (χ3n) is 1.16. The summed E-state index contributed by atoms with van der Waals surface area (Å²) < 4.78 is 0.550. The van der Waals surface area contributed by atoms with Crippen molar-refractivity contribution >= 4 is 55.6 Å². The largest absolute Gasteiger partial charge is 2.00 e. The number of hydrogen-bond acceptors (Lipinski definition) is 7. The summed E-state index contributed by atoms with van der Waals surface area (Å²) in [6, 6.07) is 0. The summed E-state index contributed by atoms with van der Waals surface area (Å²) in [4.78, 5) is 27.8. The first-order valence-electron chi connectivity index (χ1n) is 5.31. The number of quaternary nitrogens is 1. The van der Waals surface area contributed by atoms with Gasteiger partial charge in [0.25, 0.3) is 0 Å². The van der Waals surface area contributed by atoms with E-state index in [1.807, 2.05) is 21.1 Å². The van der Waals surface area contributed by atoms with Crippen molar-refractivity contribution in [2.24, 2.45) is 0 Å². The molecule has 0 fully saturated rings. The molecule has 0 heterocycles. The normalized spacial score (nSPS) is 10.5. The number of likely N-dealkylation sites (N-methyl/N-ethyl adjacent to an activating group) is 1. The maximum Gasteiger partial charge on any atom is 2.00 e. The van der Waals surface area contributed by atoms with Gasteiger partial charge in [-0.2, -0.15) is 0 Å². The fourth-order valence-corrected chi connectivity index (χ4v) is 0.889. The van der Waals surface area contributed by atoms with Crippen molar-refractivity contribution in [3.63, 3.8) is 0 Å². The zero-order chi connectivity index (χ0) is 16.2. The number of aliphatic carboxylic acids is 3. The minimum absolute atomic E-state index is 0. The molecule has 0 radical (unpaired) electrons. The molecule has 0 aromatic rings. The molecule has 0 amide bonds. The maximum atomic E-state index is 10.0. The molecular formula is C11H21CaNO7. The molecule has 9 heteroatoms. The molecule has 0 aliphatic carbocycles. The molecule has 0 saturated heterocycles. The van der Waals surface area contributed by atoms with E-state index in [9.17, 15) is 9.90 Å². The van der Waals surface area contributed by atoms with Crippen LogP contribution >= 0.6 is 0 Å². The van der Waals surface area contributed by atoms with Crippen LogP contribution in [0.5, 0.6) is 0 Å². The molecule has 0 aliphatic rings. The molecule has 8 nitrogen and oxygen atoms in total. The maximum absolute atomic E-state index is 10.0. The number of carbonyl (C=O) groups excluding carboxylic acids is 3. The van der Waals surface area contributed by atoms with Crippen molar-refractivity contribution in [3.05, 3.63) is 0 Å². The van der Waals surface area contributed by atoms with Crippen LogP contribution in [0.1, 0.15) is 20.3 Å². The van der Waals surface area contributed by atoms with E-state index in [0.717, 1.165) is 13.8 Å². The molecule has 0 rings (SSSR count). The van der Waals surface area contributed by atoms with Crippen LogP contribution in [0.4, 0.5) is 0 Å². The average Bonchev–Trinajstić information content (AvgIpc) is 1.93. The first-order chi connectivity index (χ1) is 8.27. The van der Waals surface area contributed by atoms with Gasteiger partial charge < -0.3 is 39.3 Å². The molecule has 0 aromatic heterocycles. The molecule has 1 N–H and O–H groups in total. The second kappa shape index (κ2) is 15.0. The van der Waals surface area contributed by atoms with Crippen LogP contribution in [-0.4, -0.2) is 99.0 Å². The van der Waals surface area contributed by atoms with E-state index in [0.29, 0.717) is 11.0 Å². The summed E-state index contributed by atoms with van der Waals surface area (Å²) in [6.45, 7) is 2.37. The predicted octanol–water partition coefficient (Wildman–Crippen LogP) is -4.67. The van der Waals surface area contributed by atoms with Gasteiger partial charge in [-0.25, -0.2) is 0 Å². The van der Waals surface area contributed by atoms with Crippen molar-refractivity contribution in [3.8, 4) is 0 Å². The Balaban J connectivity index is -0.000000119. The second-order valence-electron chi connectivity index (χ2n) is 4.69. The molecule has 0 aromatic carbocycles. The van der Waals surface area contributed by atoms with E-state index in [1.165, 1.54) is 0 Å². The number of carbonyl (C=O) groups is 3. The summed E-state index contributed by atoms with van der Waals surface area (Å²) >= 11 is 0. The first-order valence-corrected chi connectivity index (χ1v) is 5.31. The van der Waals surface area contributed by atoms with Crippen LogP contribution in [0.25, 0.3) is 0 Å². The van der Waals surface area contributed by atoms with Crippen LogP contribution in [0.2, 0.25) is 0 Å². The number of aliphatic hydroxyl groups is 1. The van der Waals surface area contributed by atoms with Gasteiger partial charge in [0.1, 0.15) is 12.6 Å². The Bertz CT molecular complexity index is 269. The molecule has 0 aliphatic heterocycles. The third kappa shape index (κ3) is 65.6. The van der Waals surface area contributed by atoms with E-state index in [4.69, 9.17) is 24.9 Å². The van der Waals surface area contributed by atoms with Gasteiger partial charge in [0.15, 0.2) is 0 Å². The molecule has 0 bridgehead atoms. The van der Waals surface area contributed by atoms with Crippen molar-refractivity contribution < 1.29 is 39.3 Å². The predicted molar refractivity (Wildman–Crippen MR) is 65.6 cm³/mol. The Hall–Kier alpha value is -0.410. The average molecular weight is 319 g/mol. The third-order valence-corrected chi connectivity index (χ3v) is 1.16. The fourth-order valence-electron chi connectivity index (χ4n) is 0.889. The van der Waals surface area contributed by atoms with Crippen molar-refractivity contribution in [1.82, 2.24) is 0 Å². The van der Waals surface area contributed by atoms with Gasteiger partial charge in [-0.1, -0.05) is 0 Å². The molecule has 1 atom stereocenters. The summed E-state index contributed by atoms with van der Waals surface area (Å²) in [5.74, 6) is -3.37. The van der Waals surface area contributed by atoms with Gasteiger partial charge in [0.2, 0.25) is 0 Å². The Morgan fingerprint density at radius 2 is 1.25 bits per heavy atom. The number of aliphatic hydroxyl groups excluding tert-OH is 1. The number of rotatable bonds is 4. The minimum atomic E-state index is -1.20. The van der Waals surface area contributed by atoms with Crippen LogP contribution < -0.4 is 15.3 Å².